The number of rotatable bonds is 4. The molecule has 7 nitrogen and oxygen atoms in total. The molecule has 1 saturated heterocycles. The molecule has 2 aromatic carbocycles. The van der Waals surface area contributed by atoms with Crippen molar-refractivity contribution in [3.05, 3.63) is 65.5 Å². The fourth-order valence-electron chi connectivity index (χ4n) is 4.79. The summed E-state index contributed by atoms with van der Waals surface area (Å²) >= 11 is 0. The number of amides is 1. The molecule has 1 unspecified atom stereocenters. The maximum absolute atomic E-state index is 13.5. The predicted octanol–water partition coefficient (Wildman–Crippen LogP) is 4.38. The molecule has 33 heavy (non-hydrogen) atoms. The Morgan fingerprint density at radius 3 is 2.58 bits per heavy atom. The molecule has 8 heteroatoms. The van der Waals surface area contributed by atoms with Crippen LogP contribution in [0.5, 0.6) is 0 Å². The molecule has 0 radical (unpaired) electrons. The minimum absolute atomic E-state index is 0.0666. The maximum atomic E-state index is 13.5. The van der Waals surface area contributed by atoms with Crippen molar-refractivity contribution in [2.24, 2.45) is 0 Å². The Bertz CT molecular complexity index is 1540. The average molecular weight is 461 g/mol. The van der Waals surface area contributed by atoms with Crippen LogP contribution in [0.3, 0.4) is 0 Å². The van der Waals surface area contributed by atoms with E-state index in [1.807, 2.05) is 55.5 Å². The number of nitrogens with one attached hydrogen (secondary N) is 1. The van der Waals surface area contributed by atoms with Crippen molar-refractivity contribution >= 4 is 43.2 Å². The van der Waals surface area contributed by atoms with Gasteiger partial charge in [-0.05, 0) is 55.2 Å². The second-order valence-corrected chi connectivity index (χ2v) is 11.4. The van der Waals surface area contributed by atoms with Gasteiger partial charge in [0, 0.05) is 17.3 Å². The summed E-state index contributed by atoms with van der Waals surface area (Å²) in [5, 5.41) is 10.6. The predicted molar refractivity (Wildman–Crippen MR) is 128 cm³/mol. The van der Waals surface area contributed by atoms with Gasteiger partial charge in [0.15, 0.2) is 15.5 Å². The molecule has 0 bridgehead atoms. The van der Waals surface area contributed by atoms with Gasteiger partial charge in [-0.2, -0.15) is 5.10 Å². The van der Waals surface area contributed by atoms with Gasteiger partial charge < -0.3 is 5.32 Å². The lowest BCUT2D eigenvalue weighted by atomic mass is 10.1. The number of anilines is 1. The average Bonchev–Trinajstić information content (AvgIpc) is 3.51. The number of aromatic nitrogens is 3. The number of sulfone groups is 1. The molecule has 1 N–H and O–H groups in total. The van der Waals surface area contributed by atoms with Crippen LogP contribution in [0, 0.1) is 6.92 Å². The molecule has 2 aliphatic rings. The lowest BCUT2D eigenvalue weighted by Crippen LogP contribution is -2.15. The van der Waals surface area contributed by atoms with E-state index in [1.54, 1.807) is 4.68 Å². The van der Waals surface area contributed by atoms with E-state index in [4.69, 9.17) is 4.98 Å². The summed E-state index contributed by atoms with van der Waals surface area (Å²) in [4.78, 5) is 18.3. The number of hydrogen-bond donors (Lipinski definition) is 1. The number of benzene rings is 2. The van der Waals surface area contributed by atoms with Crippen molar-refractivity contribution in [1.29, 1.82) is 0 Å². The third kappa shape index (κ3) is 3.68. The zero-order chi connectivity index (χ0) is 22.7. The first-order valence-corrected chi connectivity index (χ1v) is 13.1. The van der Waals surface area contributed by atoms with Crippen LogP contribution in [0.1, 0.15) is 53.0 Å². The Morgan fingerprint density at radius 2 is 1.85 bits per heavy atom. The standard InChI is InChI=1S/C25H24N4O3S/c1-15-23-21(25(30)26-19-9-8-16-4-2-3-5-18(16)12-19)13-22(17-6-7-17)27-24(23)29(28-15)20-10-11-33(31,32)14-20/h2-5,8-9,12-13,17,20H,6-7,10-11,14H2,1H3,(H,26,30). The molecular formula is C25H24N4O3S. The van der Waals surface area contributed by atoms with Gasteiger partial charge in [0.2, 0.25) is 0 Å². The van der Waals surface area contributed by atoms with Crippen molar-refractivity contribution in [3.8, 4) is 0 Å². The highest BCUT2D eigenvalue weighted by Gasteiger charge is 2.34. The van der Waals surface area contributed by atoms with Crippen molar-refractivity contribution in [2.45, 2.75) is 38.1 Å². The summed E-state index contributed by atoms with van der Waals surface area (Å²) in [6, 6.07) is 15.5. The SMILES string of the molecule is Cc1nn(C2CCS(=O)(=O)C2)c2nc(C3CC3)cc(C(=O)Nc3ccc4ccccc4c3)c12. The molecule has 168 valence electrons. The number of pyridine rings is 1. The molecule has 1 amide bonds. The topological polar surface area (TPSA) is 93.9 Å². The number of carbonyl (C=O) groups is 1. The van der Waals surface area contributed by atoms with E-state index in [0.717, 1.165) is 35.0 Å². The number of hydrogen-bond acceptors (Lipinski definition) is 5. The number of fused-ring (bicyclic) bond motifs is 2. The zero-order valence-electron chi connectivity index (χ0n) is 18.3. The van der Waals surface area contributed by atoms with E-state index < -0.39 is 9.84 Å². The highest BCUT2D eigenvalue weighted by molar-refractivity contribution is 7.91. The van der Waals surface area contributed by atoms with Gasteiger partial charge in [-0.15, -0.1) is 0 Å². The molecule has 6 rings (SSSR count). The van der Waals surface area contributed by atoms with E-state index in [2.05, 4.69) is 10.4 Å². The maximum Gasteiger partial charge on any atom is 0.256 e. The van der Waals surface area contributed by atoms with Crippen LogP contribution in [0.2, 0.25) is 0 Å². The van der Waals surface area contributed by atoms with Gasteiger partial charge in [-0.1, -0.05) is 30.3 Å². The van der Waals surface area contributed by atoms with Crippen LogP contribution in [0.25, 0.3) is 21.8 Å². The summed E-state index contributed by atoms with van der Waals surface area (Å²) in [6.07, 6.45) is 2.62. The smallest absolute Gasteiger partial charge is 0.256 e. The minimum Gasteiger partial charge on any atom is -0.322 e. The molecule has 3 heterocycles. The monoisotopic (exact) mass is 460 g/mol. The molecule has 1 atom stereocenters. The van der Waals surface area contributed by atoms with Gasteiger partial charge in [0.05, 0.1) is 34.2 Å². The molecule has 1 aliphatic carbocycles. The summed E-state index contributed by atoms with van der Waals surface area (Å²) in [7, 11) is -3.07. The van der Waals surface area contributed by atoms with E-state index in [-0.39, 0.29) is 23.5 Å². The fourth-order valence-corrected chi connectivity index (χ4v) is 6.48. The highest BCUT2D eigenvalue weighted by Crippen LogP contribution is 2.41. The molecule has 1 aliphatic heterocycles. The molecular weight excluding hydrogens is 436 g/mol. The lowest BCUT2D eigenvalue weighted by molar-refractivity contribution is 0.102. The van der Waals surface area contributed by atoms with Gasteiger partial charge in [-0.25, -0.2) is 18.1 Å². The first kappa shape index (κ1) is 20.4. The summed E-state index contributed by atoms with van der Waals surface area (Å²) in [5.74, 6) is 0.367. The minimum atomic E-state index is -3.07. The van der Waals surface area contributed by atoms with E-state index >= 15 is 0 Å². The van der Waals surface area contributed by atoms with Gasteiger partial charge in [0.1, 0.15) is 0 Å². The Balaban J connectivity index is 1.43. The van der Waals surface area contributed by atoms with Gasteiger partial charge >= 0.3 is 0 Å². The third-order valence-electron chi connectivity index (χ3n) is 6.66. The summed E-state index contributed by atoms with van der Waals surface area (Å²) in [6.45, 7) is 1.85. The Morgan fingerprint density at radius 1 is 1.06 bits per heavy atom. The Labute approximate surface area is 191 Å². The van der Waals surface area contributed by atoms with Gasteiger partial charge in [0.25, 0.3) is 5.91 Å². The van der Waals surface area contributed by atoms with Crippen LogP contribution < -0.4 is 5.32 Å². The Kier molecular flexibility index (Phi) is 4.55. The Hall–Kier alpha value is -3.26. The zero-order valence-corrected chi connectivity index (χ0v) is 19.1. The number of aryl methyl sites for hydroxylation is 1. The first-order valence-electron chi connectivity index (χ1n) is 11.3. The van der Waals surface area contributed by atoms with Crippen molar-refractivity contribution in [3.63, 3.8) is 0 Å². The normalized spacial score (nSPS) is 19.8. The van der Waals surface area contributed by atoms with E-state index in [1.165, 1.54) is 0 Å². The number of nitrogens with zero attached hydrogens (tertiary/aromatic N) is 3. The second kappa shape index (κ2) is 7.38. The van der Waals surface area contributed by atoms with Crippen LogP contribution >= 0.6 is 0 Å². The van der Waals surface area contributed by atoms with Crippen LogP contribution in [-0.4, -0.2) is 40.6 Å². The summed E-state index contributed by atoms with van der Waals surface area (Å²) < 4.78 is 25.9. The largest absolute Gasteiger partial charge is 0.322 e. The molecule has 1 saturated carbocycles. The van der Waals surface area contributed by atoms with Crippen molar-refractivity contribution in [2.75, 3.05) is 16.8 Å². The van der Waals surface area contributed by atoms with Crippen LogP contribution in [0.15, 0.2) is 48.5 Å². The van der Waals surface area contributed by atoms with E-state index in [9.17, 15) is 13.2 Å². The van der Waals surface area contributed by atoms with Crippen molar-refractivity contribution < 1.29 is 13.2 Å². The van der Waals surface area contributed by atoms with E-state index in [0.29, 0.717) is 34.6 Å². The lowest BCUT2D eigenvalue weighted by Gasteiger charge is -2.12. The first-order chi connectivity index (χ1) is 15.9. The highest BCUT2D eigenvalue weighted by atomic mass is 32.2. The van der Waals surface area contributed by atoms with Crippen LogP contribution in [0.4, 0.5) is 5.69 Å². The van der Waals surface area contributed by atoms with Gasteiger partial charge in [-0.3, -0.25) is 4.79 Å². The fraction of sp³-hybridized carbons (Fsp3) is 0.320. The molecule has 0 spiro atoms. The molecule has 2 fully saturated rings. The second-order valence-electron chi connectivity index (χ2n) is 9.17. The van der Waals surface area contributed by atoms with Crippen molar-refractivity contribution in [1.82, 2.24) is 14.8 Å². The van der Waals surface area contributed by atoms with Crippen LogP contribution in [-0.2, 0) is 9.84 Å². The third-order valence-corrected chi connectivity index (χ3v) is 8.41. The summed E-state index contributed by atoms with van der Waals surface area (Å²) in [5.41, 5.74) is 3.45. The quantitative estimate of drug-likeness (QED) is 0.488. The molecule has 2 aromatic heterocycles. The number of carbonyl (C=O) groups excluding carboxylic acids is 1. The molecule has 4 aromatic rings.